The minimum atomic E-state index is 0.103. The summed E-state index contributed by atoms with van der Waals surface area (Å²) in [7, 11) is 0. The van der Waals surface area contributed by atoms with Gasteiger partial charge in [-0.05, 0) is 22.4 Å². The van der Waals surface area contributed by atoms with Gasteiger partial charge in [0.1, 0.15) is 0 Å². The van der Waals surface area contributed by atoms with Gasteiger partial charge in [-0.15, -0.1) is 0 Å². The molecule has 2 aromatic rings. The number of nitrogens with zero attached hydrogens (tertiary/aromatic N) is 1. The van der Waals surface area contributed by atoms with Gasteiger partial charge in [-0.1, -0.05) is 59.7 Å². The highest BCUT2D eigenvalue weighted by molar-refractivity contribution is 5.86. The largest absolute Gasteiger partial charge is 0.260 e. The monoisotopic (exact) mass is 241 g/mol. The number of benzene rings is 1. The molecule has 0 radical (unpaired) electrons. The van der Waals surface area contributed by atoms with Crippen molar-refractivity contribution in [3.05, 3.63) is 41.7 Å². The molecule has 0 spiro atoms. The lowest BCUT2D eigenvalue weighted by Gasteiger charge is -2.23. The topological polar surface area (TPSA) is 12.9 Å². The van der Waals surface area contributed by atoms with Crippen molar-refractivity contribution in [2.75, 3.05) is 0 Å². The third-order valence-corrected chi connectivity index (χ3v) is 3.34. The van der Waals surface area contributed by atoms with Gasteiger partial charge >= 0.3 is 0 Å². The Morgan fingerprint density at radius 3 is 2.11 bits per heavy atom. The van der Waals surface area contributed by atoms with Crippen LogP contribution in [-0.4, -0.2) is 4.98 Å². The molecule has 1 nitrogen and oxygen atoms in total. The van der Waals surface area contributed by atoms with Gasteiger partial charge in [0.25, 0.3) is 0 Å². The smallest absolute Gasteiger partial charge is 0.0463 e. The van der Waals surface area contributed by atoms with E-state index in [1.165, 1.54) is 16.3 Å². The number of aromatic nitrogens is 1. The normalized spacial score (nSPS) is 13.0. The van der Waals surface area contributed by atoms with Crippen molar-refractivity contribution in [2.45, 2.75) is 52.4 Å². The van der Waals surface area contributed by atoms with E-state index >= 15 is 0 Å². The maximum Gasteiger partial charge on any atom is 0.0463 e. The fourth-order valence-corrected chi connectivity index (χ4v) is 2.24. The van der Waals surface area contributed by atoms with Crippen molar-refractivity contribution in [2.24, 2.45) is 0 Å². The standard InChI is InChI=1S/C17H23N/c1-16(2,3)14-9-7-8-12-10-15(17(4,5)6)18-11-13(12)14/h7-11H,1-6H3. The Bertz CT molecular complexity index is 568. The van der Waals surface area contributed by atoms with E-state index in [9.17, 15) is 0 Å². The molecule has 1 heterocycles. The maximum absolute atomic E-state index is 4.65. The van der Waals surface area contributed by atoms with E-state index < -0.39 is 0 Å². The summed E-state index contributed by atoms with van der Waals surface area (Å²) in [6, 6.07) is 8.77. The van der Waals surface area contributed by atoms with Crippen molar-refractivity contribution >= 4 is 10.8 Å². The first-order chi connectivity index (χ1) is 8.19. The molecule has 0 saturated heterocycles. The van der Waals surface area contributed by atoms with E-state index in [0.717, 1.165) is 5.69 Å². The average Bonchev–Trinajstić information content (AvgIpc) is 2.25. The van der Waals surface area contributed by atoms with Crippen LogP contribution in [0.4, 0.5) is 0 Å². The quantitative estimate of drug-likeness (QED) is 0.643. The van der Waals surface area contributed by atoms with Crippen LogP contribution in [0.2, 0.25) is 0 Å². The van der Waals surface area contributed by atoms with Gasteiger partial charge in [0.2, 0.25) is 0 Å². The van der Waals surface area contributed by atoms with Crippen molar-refractivity contribution in [1.29, 1.82) is 0 Å². The predicted molar refractivity (Wildman–Crippen MR) is 79.1 cm³/mol. The Morgan fingerprint density at radius 1 is 0.889 bits per heavy atom. The SMILES string of the molecule is CC(C)(C)c1cc2cccc(C(C)(C)C)c2cn1. The minimum Gasteiger partial charge on any atom is -0.260 e. The lowest BCUT2D eigenvalue weighted by atomic mass is 9.83. The van der Waals surface area contributed by atoms with Gasteiger partial charge in [-0.2, -0.15) is 0 Å². The van der Waals surface area contributed by atoms with Gasteiger partial charge < -0.3 is 0 Å². The van der Waals surface area contributed by atoms with Crippen LogP contribution in [0.15, 0.2) is 30.5 Å². The molecule has 0 aliphatic carbocycles. The first-order valence-corrected chi connectivity index (χ1v) is 6.59. The second-order valence-corrected chi connectivity index (χ2v) is 7.10. The molecule has 0 unspecified atom stereocenters. The average molecular weight is 241 g/mol. The Hall–Kier alpha value is -1.37. The zero-order valence-corrected chi connectivity index (χ0v) is 12.3. The molecule has 96 valence electrons. The zero-order valence-electron chi connectivity index (χ0n) is 12.3. The van der Waals surface area contributed by atoms with E-state index in [0.29, 0.717) is 0 Å². The highest BCUT2D eigenvalue weighted by Gasteiger charge is 2.19. The molecule has 0 fully saturated rings. The van der Waals surface area contributed by atoms with Crippen molar-refractivity contribution < 1.29 is 0 Å². The summed E-state index contributed by atoms with van der Waals surface area (Å²) in [5, 5.41) is 2.57. The summed E-state index contributed by atoms with van der Waals surface area (Å²) in [6.07, 6.45) is 2.04. The molecule has 0 saturated carbocycles. The summed E-state index contributed by atoms with van der Waals surface area (Å²) < 4.78 is 0. The van der Waals surface area contributed by atoms with Crippen LogP contribution in [0.25, 0.3) is 10.8 Å². The van der Waals surface area contributed by atoms with Crippen LogP contribution < -0.4 is 0 Å². The van der Waals surface area contributed by atoms with Crippen molar-refractivity contribution in [3.8, 4) is 0 Å². The summed E-state index contributed by atoms with van der Waals surface area (Å²) in [6.45, 7) is 13.4. The van der Waals surface area contributed by atoms with Gasteiger partial charge in [0, 0.05) is 22.7 Å². The van der Waals surface area contributed by atoms with E-state index in [-0.39, 0.29) is 10.8 Å². The molecular weight excluding hydrogens is 218 g/mol. The van der Waals surface area contributed by atoms with E-state index in [4.69, 9.17) is 0 Å². The van der Waals surface area contributed by atoms with Crippen LogP contribution in [-0.2, 0) is 10.8 Å². The lowest BCUT2D eigenvalue weighted by Crippen LogP contribution is -2.14. The van der Waals surface area contributed by atoms with Crippen LogP contribution in [0.1, 0.15) is 52.8 Å². The summed E-state index contributed by atoms with van der Waals surface area (Å²) >= 11 is 0. The number of fused-ring (bicyclic) bond motifs is 1. The number of rotatable bonds is 0. The third-order valence-electron chi connectivity index (χ3n) is 3.34. The Balaban J connectivity index is 2.68. The molecule has 0 bridgehead atoms. The molecule has 0 atom stereocenters. The highest BCUT2D eigenvalue weighted by atomic mass is 14.7. The van der Waals surface area contributed by atoms with Crippen LogP contribution in [0, 0.1) is 0 Å². The number of hydrogen-bond acceptors (Lipinski definition) is 1. The van der Waals surface area contributed by atoms with Crippen molar-refractivity contribution in [1.82, 2.24) is 4.98 Å². The molecule has 0 aliphatic rings. The molecule has 0 N–H and O–H groups in total. The fraction of sp³-hybridized carbons (Fsp3) is 0.471. The van der Waals surface area contributed by atoms with E-state index in [1.54, 1.807) is 0 Å². The third kappa shape index (κ3) is 2.40. The van der Waals surface area contributed by atoms with Gasteiger partial charge in [0.05, 0.1) is 0 Å². The summed E-state index contributed by atoms with van der Waals surface area (Å²) in [5.74, 6) is 0. The fourth-order valence-electron chi connectivity index (χ4n) is 2.24. The Kier molecular flexibility index (Phi) is 2.96. The number of hydrogen-bond donors (Lipinski definition) is 0. The molecule has 1 heteroatoms. The molecule has 0 aliphatic heterocycles. The first-order valence-electron chi connectivity index (χ1n) is 6.59. The molecule has 0 amide bonds. The zero-order chi connectivity index (χ0) is 13.6. The lowest BCUT2D eigenvalue weighted by molar-refractivity contribution is 0.569. The first kappa shape index (κ1) is 13.1. The molecule has 1 aromatic heterocycles. The van der Waals surface area contributed by atoms with Gasteiger partial charge in [-0.25, -0.2) is 0 Å². The molecule has 2 rings (SSSR count). The van der Waals surface area contributed by atoms with Crippen LogP contribution in [0.3, 0.4) is 0 Å². The van der Waals surface area contributed by atoms with Crippen LogP contribution in [0.5, 0.6) is 0 Å². The highest BCUT2D eigenvalue weighted by Crippen LogP contribution is 2.31. The maximum atomic E-state index is 4.65. The predicted octanol–water partition coefficient (Wildman–Crippen LogP) is 4.83. The second kappa shape index (κ2) is 4.08. The Labute approximate surface area is 110 Å². The summed E-state index contributed by atoms with van der Waals surface area (Å²) in [5.41, 5.74) is 2.78. The molecule has 1 aromatic carbocycles. The van der Waals surface area contributed by atoms with E-state index in [1.807, 2.05) is 6.20 Å². The minimum absolute atomic E-state index is 0.103. The van der Waals surface area contributed by atoms with Gasteiger partial charge in [-0.3, -0.25) is 4.98 Å². The second-order valence-electron chi connectivity index (χ2n) is 7.10. The Morgan fingerprint density at radius 2 is 1.56 bits per heavy atom. The van der Waals surface area contributed by atoms with Crippen molar-refractivity contribution in [3.63, 3.8) is 0 Å². The molecular formula is C17H23N. The van der Waals surface area contributed by atoms with E-state index in [2.05, 4.69) is 70.8 Å². The molecule has 18 heavy (non-hydrogen) atoms. The summed E-state index contributed by atoms with van der Waals surface area (Å²) in [4.78, 5) is 4.65. The van der Waals surface area contributed by atoms with Gasteiger partial charge in [0.15, 0.2) is 0 Å². The van der Waals surface area contributed by atoms with Crippen LogP contribution >= 0.6 is 0 Å². The number of pyridine rings is 1.